The van der Waals surface area contributed by atoms with Gasteiger partial charge in [-0.3, -0.25) is 0 Å². The number of hydrogen-bond donors (Lipinski definition) is 1. The smallest absolute Gasteiger partial charge is 0.203 e. The highest BCUT2D eigenvalue weighted by molar-refractivity contribution is 5.28. The lowest BCUT2D eigenvalue weighted by Crippen LogP contribution is -2.10. The third-order valence-corrected chi connectivity index (χ3v) is 3.96. The van der Waals surface area contributed by atoms with E-state index in [4.69, 9.17) is 0 Å². The van der Waals surface area contributed by atoms with E-state index in [1.807, 2.05) is 0 Å². The predicted molar refractivity (Wildman–Crippen MR) is 76.9 cm³/mol. The van der Waals surface area contributed by atoms with Gasteiger partial charge in [-0.2, -0.15) is 0 Å². The van der Waals surface area contributed by atoms with Crippen LogP contribution in [0.1, 0.15) is 57.6 Å². The zero-order valence-electron chi connectivity index (χ0n) is 11.9. The molecule has 3 nitrogen and oxygen atoms in total. The molecular weight excluding hydrogens is 222 g/mol. The van der Waals surface area contributed by atoms with Crippen LogP contribution in [-0.4, -0.2) is 16.1 Å². The largest absolute Gasteiger partial charge is 0.356 e. The maximum atomic E-state index is 4.58. The Kier molecular flexibility index (Phi) is 5.09. The second kappa shape index (κ2) is 6.81. The zero-order valence-corrected chi connectivity index (χ0v) is 11.9. The molecular formula is C15H27N3. The predicted octanol–water partition coefficient (Wildman–Crippen LogP) is 3.98. The SMILES string of the molecule is CCCCNc1nc(C)cn1CCC1CCCC1. The minimum Gasteiger partial charge on any atom is -0.356 e. The molecule has 102 valence electrons. The van der Waals surface area contributed by atoms with Crippen LogP contribution in [0.15, 0.2) is 6.20 Å². The maximum absolute atomic E-state index is 4.58. The number of aryl methyl sites for hydroxylation is 2. The molecule has 0 radical (unpaired) electrons. The second-order valence-electron chi connectivity index (χ2n) is 5.62. The summed E-state index contributed by atoms with van der Waals surface area (Å²) in [5.41, 5.74) is 1.13. The van der Waals surface area contributed by atoms with E-state index in [0.717, 1.165) is 30.6 Å². The van der Waals surface area contributed by atoms with Crippen molar-refractivity contribution in [2.24, 2.45) is 5.92 Å². The third kappa shape index (κ3) is 3.76. The highest BCUT2D eigenvalue weighted by Gasteiger charge is 2.15. The normalized spacial score (nSPS) is 16.3. The molecule has 18 heavy (non-hydrogen) atoms. The van der Waals surface area contributed by atoms with Crippen molar-refractivity contribution >= 4 is 5.95 Å². The Morgan fingerprint density at radius 3 is 2.89 bits per heavy atom. The van der Waals surface area contributed by atoms with E-state index in [0.29, 0.717) is 0 Å². The Balaban J connectivity index is 1.85. The number of nitrogens with zero attached hydrogens (tertiary/aromatic N) is 2. The molecule has 0 aliphatic heterocycles. The van der Waals surface area contributed by atoms with Gasteiger partial charge in [-0.15, -0.1) is 0 Å². The molecule has 1 aromatic heterocycles. The summed E-state index contributed by atoms with van der Waals surface area (Å²) in [6, 6.07) is 0. The topological polar surface area (TPSA) is 29.9 Å². The van der Waals surface area contributed by atoms with Crippen molar-refractivity contribution in [3.63, 3.8) is 0 Å². The minimum absolute atomic E-state index is 0.955. The molecule has 1 aliphatic carbocycles. The Bertz CT molecular complexity index is 351. The molecule has 0 amide bonds. The van der Waals surface area contributed by atoms with Gasteiger partial charge in [0.1, 0.15) is 0 Å². The van der Waals surface area contributed by atoms with E-state index in [9.17, 15) is 0 Å². The molecule has 1 heterocycles. The van der Waals surface area contributed by atoms with Crippen LogP contribution < -0.4 is 5.32 Å². The summed E-state index contributed by atoms with van der Waals surface area (Å²) in [6.45, 7) is 6.47. The van der Waals surface area contributed by atoms with Crippen LogP contribution in [0.3, 0.4) is 0 Å². The average molecular weight is 249 g/mol. The monoisotopic (exact) mass is 249 g/mol. The lowest BCUT2D eigenvalue weighted by atomic mass is 10.0. The van der Waals surface area contributed by atoms with E-state index < -0.39 is 0 Å². The lowest BCUT2D eigenvalue weighted by molar-refractivity contribution is 0.459. The minimum atomic E-state index is 0.955. The summed E-state index contributed by atoms with van der Waals surface area (Å²) in [5, 5.41) is 3.46. The van der Waals surface area contributed by atoms with Gasteiger partial charge in [-0.25, -0.2) is 4.98 Å². The summed E-state index contributed by atoms with van der Waals surface area (Å²) in [5.74, 6) is 2.02. The van der Waals surface area contributed by atoms with E-state index >= 15 is 0 Å². The molecule has 1 fully saturated rings. The Hall–Kier alpha value is -0.990. The number of aromatic nitrogens is 2. The van der Waals surface area contributed by atoms with Crippen LogP contribution in [-0.2, 0) is 6.54 Å². The van der Waals surface area contributed by atoms with Crippen molar-refractivity contribution in [1.82, 2.24) is 9.55 Å². The Morgan fingerprint density at radius 1 is 1.39 bits per heavy atom. The molecule has 2 rings (SSSR count). The van der Waals surface area contributed by atoms with Crippen LogP contribution in [0.25, 0.3) is 0 Å². The van der Waals surface area contributed by atoms with Gasteiger partial charge in [-0.05, 0) is 25.7 Å². The van der Waals surface area contributed by atoms with Gasteiger partial charge in [0.15, 0.2) is 0 Å². The van der Waals surface area contributed by atoms with Crippen molar-refractivity contribution in [2.45, 2.75) is 65.3 Å². The van der Waals surface area contributed by atoms with Crippen LogP contribution >= 0.6 is 0 Å². The first kappa shape index (κ1) is 13.4. The van der Waals surface area contributed by atoms with Gasteiger partial charge in [-0.1, -0.05) is 39.0 Å². The molecule has 0 atom stereocenters. The zero-order chi connectivity index (χ0) is 12.8. The van der Waals surface area contributed by atoms with Crippen LogP contribution in [0.4, 0.5) is 5.95 Å². The average Bonchev–Trinajstić information content (AvgIpc) is 2.97. The first-order chi connectivity index (χ1) is 8.79. The molecule has 0 bridgehead atoms. The van der Waals surface area contributed by atoms with E-state index in [-0.39, 0.29) is 0 Å². The number of rotatable bonds is 7. The van der Waals surface area contributed by atoms with E-state index in [2.05, 4.69) is 34.9 Å². The summed E-state index contributed by atoms with van der Waals surface area (Å²) < 4.78 is 2.31. The number of nitrogens with one attached hydrogen (secondary N) is 1. The van der Waals surface area contributed by atoms with Gasteiger partial charge in [0, 0.05) is 19.3 Å². The van der Waals surface area contributed by atoms with Crippen molar-refractivity contribution in [1.29, 1.82) is 0 Å². The fraction of sp³-hybridized carbons (Fsp3) is 0.800. The highest BCUT2D eigenvalue weighted by atomic mass is 15.2. The van der Waals surface area contributed by atoms with Crippen molar-refractivity contribution in [2.75, 3.05) is 11.9 Å². The highest BCUT2D eigenvalue weighted by Crippen LogP contribution is 2.28. The third-order valence-electron chi connectivity index (χ3n) is 3.96. The number of anilines is 1. The molecule has 0 aromatic carbocycles. The lowest BCUT2D eigenvalue weighted by Gasteiger charge is -2.12. The summed E-state index contributed by atoms with van der Waals surface area (Å²) >= 11 is 0. The van der Waals surface area contributed by atoms with E-state index in [1.54, 1.807) is 0 Å². The van der Waals surface area contributed by atoms with Crippen molar-refractivity contribution < 1.29 is 0 Å². The molecule has 1 N–H and O–H groups in total. The van der Waals surface area contributed by atoms with Gasteiger partial charge in [0.25, 0.3) is 0 Å². The molecule has 0 unspecified atom stereocenters. The first-order valence-electron chi connectivity index (χ1n) is 7.57. The standard InChI is InChI=1S/C15H27N3/c1-3-4-10-16-15-17-13(2)12-18(15)11-9-14-7-5-6-8-14/h12,14H,3-11H2,1-2H3,(H,16,17). The summed E-state index contributed by atoms with van der Waals surface area (Å²) in [7, 11) is 0. The Labute approximate surface area is 111 Å². The number of imidazole rings is 1. The molecule has 1 saturated carbocycles. The van der Waals surface area contributed by atoms with Crippen LogP contribution in [0.5, 0.6) is 0 Å². The van der Waals surface area contributed by atoms with Gasteiger partial charge in [0.05, 0.1) is 5.69 Å². The van der Waals surface area contributed by atoms with E-state index in [1.165, 1.54) is 44.9 Å². The van der Waals surface area contributed by atoms with Gasteiger partial charge >= 0.3 is 0 Å². The maximum Gasteiger partial charge on any atom is 0.203 e. The quantitative estimate of drug-likeness (QED) is 0.741. The molecule has 1 aliphatic rings. The number of hydrogen-bond acceptors (Lipinski definition) is 2. The van der Waals surface area contributed by atoms with Gasteiger partial charge in [0.2, 0.25) is 5.95 Å². The van der Waals surface area contributed by atoms with Crippen LogP contribution in [0, 0.1) is 12.8 Å². The number of unbranched alkanes of at least 4 members (excludes halogenated alkanes) is 1. The Morgan fingerprint density at radius 2 is 2.17 bits per heavy atom. The molecule has 0 saturated heterocycles. The summed E-state index contributed by atoms with van der Waals surface area (Å²) in [6.07, 6.45) is 11.7. The summed E-state index contributed by atoms with van der Waals surface area (Å²) in [4.78, 5) is 4.58. The first-order valence-corrected chi connectivity index (χ1v) is 7.57. The molecule has 1 aromatic rings. The van der Waals surface area contributed by atoms with Crippen molar-refractivity contribution in [3.05, 3.63) is 11.9 Å². The fourth-order valence-electron chi connectivity index (χ4n) is 2.86. The molecule has 3 heteroatoms. The van der Waals surface area contributed by atoms with Gasteiger partial charge < -0.3 is 9.88 Å². The van der Waals surface area contributed by atoms with Crippen LogP contribution in [0.2, 0.25) is 0 Å². The fourth-order valence-corrected chi connectivity index (χ4v) is 2.86. The second-order valence-corrected chi connectivity index (χ2v) is 5.62. The van der Waals surface area contributed by atoms with Crippen molar-refractivity contribution in [3.8, 4) is 0 Å². The molecule has 0 spiro atoms.